The summed E-state index contributed by atoms with van der Waals surface area (Å²) in [6.07, 6.45) is 4.09. The van der Waals surface area contributed by atoms with Gasteiger partial charge in [-0.2, -0.15) is 0 Å². The zero-order valence-electron chi connectivity index (χ0n) is 18.5. The molecule has 1 fully saturated rings. The Balaban J connectivity index is 1.44. The van der Waals surface area contributed by atoms with Crippen LogP contribution in [0.15, 0.2) is 53.7 Å². The minimum atomic E-state index is 0.0170. The van der Waals surface area contributed by atoms with Crippen molar-refractivity contribution in [3.63, 3.8) is 0 Å². The Morgan fingerprint density at radius 2 is 1.97 bits per heavy atom. The topological polar surface area (TPSA) is 61.8 Å². The first-order valence-corrected chi connectivity index (χ1v) is 11.0. The van der Waals surface area contributed by atoms with E-state index >= 15 is 0 Å². The van der Waals surface area contributed by atoms with Crippen molar-refractivity contribution >= 4 is 5.96 Å². The third kappa shape index (κ3) is 7.34. The molecule has 0 aliphatic carbocycles. The van der Waals surface area contributed by atoms with Crippen molar-refractivity contribution in [1.29, 1.82) is 0 Å². The van der Waals surface area contributed by atoms with Gasteiger partial charge >= 0.3 is 0 Å². The predicted octanol–water partition coefficient (Wildman–Crippen LogP) is 3.38. The smallest absolute Gasteiger partial charge is 0.191 e. The molecule has 1 aliphatic heterocycles. The molecule has 6 nitrogen and oxygen atoms in total. The second kappa shape index (κ2) is 11.6. The van der Waals surface area contributed by atoms with Crippen LogP contribution in [0, 0.1) is 6.92 Å². The van der Waals surface area contributed by atoms with Gasteiger partial charge in [0, 0.05) is 38.4 Å². The average Bonchev–Trinajstić information content (AvgIpc) is 2.76. The normalized spacial score (nSPS) is 16.8. The van der Waals surface area contributed by atoms with Crippen LogP contribution < -0.4 is 15.4 Å². The van der Waals surface area contributed by atoms with E-state index in [9.17, 15) is 0 Å². The van der Waals surface area contributed by atoms with E-state index in [1.165, 1.54) is 5.56 Å². The van der Waals surface area contributed by atoms with Gasteiger partial charge in [0.2, 0.25) is 0 Å². The monoisotopic (exact) mass is 409 g/mol. The molecule has 2 N–H and O–H groups in total. The fourth-order valence-electron chi connectivity index (χ4n) is 3.58. The molecular formula is C24H35N5O. The van der Waals surface area contributed by atoms with E-state index in [4.69, 9.17) is 9.73 Å². The Hall–Kier alpha value is -2.60. The minimum Gasteiger partial charge on any atom is -0.489 e. The molecule has 3 rings (SSSR count). The van der Waals surface area contributed by atoms with Gasteiger partial charge in [-0.1, -0.05) is 23.8 Å². The molecule has 1 aromatic carbocycles. The van der Waals surface area contributed by atoms with Crippen molar-refractivity contribution in [2.45, 2.75) is 52.3 Å². The number of aromatic nitrogens is 1. The molecule has 0 saturated carbocycles. The molecule has 30 heavy (non-hydrogen) atoms. The largest absolute Gasteiger partial charge is 0.489 e. The first-order valence-electron chi connectivity index (χ1n) is 11.0. The van der Waals surface area contributed by atoms with Gasteiger partial charge in [-0.15, -0.1) is 0 Å². The lowest BCUT2D eigenvalue weighted by molar-refractivity contribution is 0.196. The van der Waals surface area contributed by atoms with E-state index in [0.717, 1.165) is 56.4 Å². The van der Waals surface area contributed by atoms with E-state index in [1.54, 1.807) is 0 Å². The zero-order valence-corrected chi connectivity index (χ0v) is 18.5. The second-order valence-electron chi connectivity index (χ2n) is 7.98. The van der Waals surface area contributed by atoms with E-state index in [2.05, 4.69) is 65.6 Å². The number of aliphatic imine (C=N–C) groups is 1. The van der Waals surface area contributed by atoms with Gasteiger partial charge < -0.3 is 15.4 Å². The Morgan fingerprint density at radius 1 is 1.20 bits per heavy atom. The lowest BCUT2D eigenvalue weighted by atomic mass is 10.0. The van der Waals surface area contributed by atoms with Crippen LogP contribution in [-0.2, 0) is 6.54 Å². The number of benzene rings is 1. The number of rotatable bonds is 8. The highest BCUT2D eigenvalue weighted by atomic mass is 16.5. The van der Waals surface area contributed by atoms with Crippen LogP contribution in [0.3, 0.4) is 0 Å². The van der Waals surface area contributed by atoms with Crippen LogP contribution >= 0.6 is 0 Å². The van der Waals surface area contributed by atoms with Crippen LogP contribution in [0.5, 0.6) is 5.75 Å². The van der Waals surface area contributed by atoms with E-state index in [-0.39, 0.29) is 6.10 Å². The maximum Gasteiger partial charge on any atom is 0.191 e. The lowest BCUT2D eigenvalue weighted by Crippen LogP contribution is -2.48. The Labute approximate surface area is 180 Å². The SMILES string of the molecule is CCNC(=NCC(C)Oc1ccc(C)cc1)NC1CCN(Cc2ccccn2)CC1. The van der Waals surface area contributed by atoms with E-state index in [1.807, 2.05) is 24.4 Å². The number of piperidine rings is 1. The van der Waals surface area contributed by atoms with Crippen molar-refractivity contribution in [2.75, 3.05) is 26.2 Å². The molecule has 0 spiro atoms. The summed E-state index contributed by atoms with van der Waals surface area (Å²) in [5.74, 6) is 1.77. The summed E-state index contributed by atoms with van der Waals surface area (Å²) >= 11 is 0. The second-order valence-corrected chi connectivity index (χ2v) is 7.98. The molecule has 1 atom stereocenters. The molecule has 6 heteroatoms. The molecule has 1 aliphatic rings. The van der Waals surface area contributed by atoms with Crippen LogP contribution in [0.4, 0.5) is 0 Å². The third-order valence-electron chi connectivity index (χ3n) is 5.25. The van der Waals surface area contributed by atoms with Gasteiger partial charge in [0.05, 0.1) is 12.2 Å². The van der Waals surface area contributed by atoms with Gasteiger partial charge in [0.15, 0.2) is 5.96 Å². The van der Waals surface area contributed by atoms with Gasteiger partial charge in [0.1, 0.15) is 11.9 Å². The number of nitrogens with zero attached hydrogens (tertiary/aromatic N) is 3. The highest BCUT2D eigenvalue weighted by Crippen LogP contribution is 2.14. The number of likely N-dealkylation sites (tertiary alicyclic amines) is 1. The van der Waals surface area contributed by atoms with Crippen LogP contribution in [0.25, 0.3) is 0 Å². The molecule has 0 amide bonds. The summed E-state index contributed by atoms with van der Waals surface area (Å²) in [6.45, 7) is 10.8. The Kier molecular flexibility index (Phi) is 8.51. The number of hydrogen-bond donors (Lipinski definition) is 2. The van der Waals surface area contributed by atoms with Crippen LogP contribution in [0.1, 0.15) is 37.9 Å². The fourth-order valence-corrected chi connectivity index (χ4v) is 3.58. The minimum absolute atomic E-state index is 0.0170. The molecule has 162 valence electrons. The molecule has 0 bridgehead atoms. The summed E-state index contributed by atoms with van der Waals surface area (Å²) in [5, 5.41) is 6.98. The van der Waals surface area contributed by atoms with Crippen molar-refractivity contribution in [3.8, 4) is 5.75 Å². The average molecular weight is 410 g/mol. The standard InChI is InChI=1S/C24H35N5O/c1-4-25-24(27-17-20(3)30-23-10-8-19(2)9-11-23)28-21-12-15-29(16-13-21)18-22-7-5-6-14-26-22/h5-11,14,20-21H,4,12-13,15-18H2,1-3H3,(H2,25,27,28). The highest BCUT2D eigenvalue weighted by molar-refractivity contribution is 5.80. The summed E-state index contributed by atoms with van der Waals surface area (Å²) in [4.78, 5) is 11.7. The number of guanidine groups is 1. The molecule has 1 saturated heterocycles. The Morgan fingerprint density at radius 3 is 2.63 bits per heavy atom. The third-order valence-corrected chi connectivity index (χ3v) is 5.25. The number of pyridine rings is 1. The van der Waals surface area contributed by atoms with E-state index in [0.29, 0.717) is 12.6 Å². The lowest BCUT2D eigenvalue weighted by Gasteiger charge is -2.33. The number of aryl methyl sites for hydroxylation is 1. The Bertz CT molecular complexity index is 770. The van der Waals surface area contributed by atoms with Crippen LogP contribution in [-0.4, -0.2) is 54.2 Å². The molecule has 1 aromatic heterocycles. The summed E-state index contributed by atoms with van der Waals surface area (Å²) in [6, 6.07) is 14.7. The van der Waals surface area contributed by atoms with Crippen molar-refractivity contribution in [2.24, 2.45) is 4.99 Å². The molecule has 2 heterocycles. The van der Waals surface area contributed by atoms with E-state index < -0.39 is 0 Å². The molecular weight excluding hydrogens is 374 g/mol. The predicted molar refractivity (Wildman–Crippen MR) is 123 cm³/mol. The fraction of sp³-hybridized carbons (Fsp3) is 0.500. The maximum absolute atomic E-state index is 5.98. The van der Waals surface area contributed by atoms with Crippen molar-refractivity contribution in [3.05, 3.63) is 59.9 Å². The summed E-state index contributed by atoms with van der Waals surface area (Å²) in [5.41, 5.74) is 2.37. The van der Waals surface area contributed by atoms with Crippen molar-refractivity contribution in [1.82, 2.24) is 20.5 Å². The molecule has 1 unspecified atom stereocenters. The number of nitrogens with one attached hydrogen (secondary N) is 2. The molecule has 2 aromatic rings. The first-order chi connectivity index (χ1) is 14.6. The number of ether oxygens (including phenoxy) is 1. The van der Waals surface area contributed by atoms with Crippen LogP contribution in [0.2, 0.25) is 0 Å². The quantitative estimate of drug-likeness (QED) is 0.517. The van der Waals surface area contributed by atoms with Crippen molar-refractivity contribution < 1.29 is 4.74 Å². The van der Waals surface area contributed by atoms with Gasteiger partial charge in [-0.25, -0.2) is 4.99 Å². The number of hydrogen-bond acceptors (Lipinski definition) is 4. The molecule has 0 radical (unpaired) electrons. The zero-order chi connectivity index (χ0) is 21.2. The van der Waals surface area contributed by atoms with Gasteiger partial charge in [-0.05, 0) is 57.9 Å². The van der Waals surface area contributed by atoms with Gasteiger partial charge in [0.25, 0.3) is 0 Å². The maximum atomic E-state index is 5.98. The summed E-state index contributed by atoms with van der Waals surface area (Å²) < 4.78 is 5.98. The summed E-state index contributed by atoms with van der Waals surface area (Å²) in [7, 11) is 0. The first kappa shape index (κ1) is 22.1. The highest BCUT2D eigenvalue weighted by Gasteiger charge is 2.20. The van der Waals surface area contributed by atoms with Gasteiger partial charge in [-0.3, -0.25) is 9.88 Å².